The number of guanidine groups is 1. The topological polar surface area (TPSA) is 62.9 Å². The van der Waals surface area contributed by atoms with Gasteiger partial charge in [0.25, 0.3) is 0 Å². The normalized spacial score (nSPS) is 12.7. The highest BCUT2D eigenvalue weighted by Gasteiger charge is 2.32. The summed E-state index contributed by atoms with van der Waals surface area (Å²) in [6.07, 6.45) is -8.83. The van der Waals surface area contributed by atoms with Crippen molar-refractivity contribution in [3.63, 3.8) is 0 Å². The molecule has 0 spiro atoms. The summed E-state index contributed by atoms with van der Waals surface area (Å²) in [5.74, 6) is -0.644. The Morgan fingerprint density at radius 3 is 2.38 bits per heavy atom. The molecule has 1 aromatic carbocycles. The van der Waals surface area contributed by atoms with Gasteiger partial charge < -0.3 is 15.8 Å². The van der Waals surface area contributed by atoms with Crippen LogP contribution in [0.1, 0.15) is 6.42 Å². The highest BCUT2D eigenvalue weighted by molar-refractivity contribution is 14.0. The molecule has 0 bridgehead atoms. The maximum Gasteiger partial charge on any atom is 0.573 e. The van der Waals surface area contributed by atoms with Crippen molar-refractivity contribution in [2.45, 2.75) is 19.0 Å². The average Bonchev–Trinajstić information content (AvgIpc) is 2.42. The second kappa shape index (κ2) is 10.6. The molecule has 0 amide bonds. The van der Waals surface area contributed by atoms with Gasteiger partial charge in [-0.25, -0.2) is 0 Å². The smallest absolute Gasteiger partial charge is 0.404 e. The van der Waals surface area contributed by atoms with Crippen molar-refractivity contribution in [1.82, 2.24) is 4.90 Å². The van der Waals surface area contributed by atoms with Gasteiger partial charge in [-0.3, -0.25) is 9.89 Å². The first-order valence-corrected chi connectivity index (χ1v) is 7.13. The van der Waals surface area contributed by atoms with Crippen molar-refractivity contribution in [1.29, 1.82) is 0 Å². The van der Waals surface area contributed by atoms with E-state index >= 15 is 0 Å². The molecule has 0 fully saturated rings. The summed E-state index contributed by atoms with van der Waals surface area (Å²) in [7, 11) is 1.32. The van der Waals surface area contributed by atoms with Gasteiger partial charge in [-0.15, -0.1) is 37.1 Å². The Kier molecular flexibility index (Phi) is 10.1. The summed E-state index contributed by atoms with van der Waals surface area (Å²) >= 11 is 0. The largest absolute Gasteiger partial charge is 0.573 e. The Morgan fingerprint density at radius 2 is 1.81 bits per heavy atom. The van der Waals surface area contributed by atoms with Crippen LogP contribution in [0.2, 0.25) is 0 Å². The van der Waals surface area contributed by atoms with Gasteiger partial charge in [0.2, 0.25) is 0 Å². The summed E-state index contributed by atoms with van der Waals surface area (Å²) < 4.78 is 77.2. The SMILES string of the molecule is CN(CCCN=C(N)Nc1ccccc1OC(F)(F)F)CC(F)(F)F.I. The van der Waals surface area contributed by atoms with Gasteiger partial charge in [0.1, 0.15) is 0 Å². The van der Waals surface area contributed by atoms with E-state index in [2.05, 4.69) is 15.0 Å². The van der Waals surface area contributed by atoms with Gasteiger partial charge in [0, 0.05) is 6.54 Å². The molecule has 0 aliphatic heterocycles. The Balaban J connectivity index is 0.00000625. The molecule has 1 aromatic rings. The minimum Gasteiger partial charge on any atom is -0.404 e. The van der Waals surface area contributed by atoms with Crippen LogP contribution in [-0.4, -0.2) is 50.1 Å². The van der Waals surface area contributed by atoms with Crippen LogP contribution in [-0.2, 0) is 0 Å². The van der Waals surface area contributed by atoms with Crippen LogP contribution in [0, 0.1) is 0 Å². The standard InChI is InChI=1S/C14H18F6N4O.HI/c1-24(9-13(15,16)17)8-4-7-22-12(21)23-10-5-2-3-6-11(10)25-14(18,19)20;/h2-3,5-6H,4,7-9H2,1H3,(H3,21,22,23);1H. The van der Waals surface area contributed by atoms with E-state index in [0.717, 1.165) is 11.0 Å². The molecule has 0 aliphatic rings. The molecule has 0 radical (unpaired) electrons. The number of nitrogens with one attached hydrogen (secondary N) is 1. The number of aliphatic imine (C=N–C) groups is 1. The van der Waals surface area contributed by atoms with Gasteiger partial charge in [0.05, 0.1) is 12.2 Å². The zero-order valence-electron chi connectivity index (χ0n) is 13.7. The number of nitrogens with two attached hydrogens (primary N) is 1. The minimum absolute atomic E-state index is 0. The van der Waals surface area contributed by atoms with E-state index in [-0.39, 0.29) is 48.7 Å². The molecule has 0 saturated heterocycles. The lowest BCUT2D eigenvalue weighted by atomic mass is 10.3. The van der Waals surface area contributed by atoms with Gasteiger partial charge in [-0.1, -0.05) is 12.1 Å². The lowest BCUT2D eigenvalue weighted by molar-refractivity contribution is -0.274. The van der Waals surface area contributed by atoms with Gasteiger partial charge in [-0.2, -0.15) is 13.2 Å². The van der Waals surface area contributed by atoms with E-state index in [9.17, 15) is 26.3 Å². The molecule has 26 heavy (non-hydrogen) atoms. The molecular formula is C14H19F6IN4O. The van der Waals surface area contributed by atoms with Gasteiger partial charge in [-0.05, 0) is 32.1 Å². The summed E-state index contributed by atoms with van der Waals surface area (Å²) in [6.45, 7) is -0.778. The maximum atomic E-state index is 12.3. The number of nitrogens with zero attached hydrogens (tertiary/aromatic N) is 2. The number of anilines is 1. The second-order valence-electron chi connectivity index (χ2n) is 5.14. The molecule has 150 valence electrons. The lowest BCUT2D eigenvalue weighted by Crippen LogP contribution is -2.32. The highest BCUT2D eigenvalue weighted by atomic mass is 127. The van der Waals surface area contributed by atoms with Crippen molar-refractivity contribution >= 4 is 35.6 Å². The van der Waals surface area contributed by atoms with Crippen LogP contribution in [0.5, 0.6) is 5.75 Å². The number of ether oxygens (including phenoxy) is 1. The number of hydrogen-bond donors (Lipinski definition) is 2. The average molecular weight is 500 g/mol. The number of hydrogen-bond acceptors (Lipinski definition) is 3. The van der Waals surface area contributed by atoms with E-state index in [1.165, 1.54) is 25.2 Å². The fraction of sp³-hybridized carbons (Fsp3) is 0.500. The first-order chi connectivity index (χ1) is 11.5. The predicted octanol–water partition coefficient (Wildman–Crippen LogP) is 3.81. The molecule has 12 heteroatoms. The van der Waals surface area contributed by atoms with Crippen molar-refractivity contribution in [2.24, 2.45) is 10.7 Å². The highest BCUT2D eigenvalue weighted by Crippen LogP contribution is 2.29. The lowest BCUT2D eigenvalue weighted by Gasteiger charge is -2.17. The van der Waals surface area contributed by atoms with Crippen molar-refractivity contribution in [2.75, 3.05) is 32.0 Å². The third-order valence-corrected chi connectivity index (χ3v) is 2.80. The fourth-order valence-corrected chi connectivity index (χ4v) is 1.89. The Hall–Kier alpha value is -1.44. The van der Waals surface area contributed by atoms with Crippen LogP contribution in [0.25, 0.3) is 0 Å². The third kappa shape index (κ3) is 11.2. The van der Waals surface area contributed by atoms with Crippen molar-refractivity contribution in [3.8, 4) is 5.75 Å². The summed E-state index contributed by atoms with van der Waals surface area (Å²) in [6, 6.07) is 5.26. The number of para-hydroxylation sites is 2. The molecule has 0 aromatic heterocycles. The van der Waals surface area contributed by atoms with Crippen LogP contribution in [0.3, 0.4) is 0 Å². The Labute approximate surface area is 163 Å². The van der Waals surface area contributed by atoms with E-state index in [0.29, 0.717) is 6.42 Å². The Bertz CT molecular complexity index is 579. The van der Waals surface area contributed by atoms with Gasteiger partial charge in [0.15, 0.2) is 11.7 Å². The molecule has 0 saturated carbocycles. The predicted molar refractivity (Wildman–Crippen MR) is 96.8 cm³/mol. The molecule has 0 heterocycles. The van der Waals surface area contributed by atoms with Crippen molar-refractivity contribution < 1.29 is 31.1 Å². The number of halogens is 7. The monoisotopic (exact) mass is 500 g/mol. The van der Waals surface area contributed by atoms with E-state index in [4.69, 9.17) is 5.73 Å². The molecule has 5 nitrogen and oxygen atoms in total. The summed E-state index contributed by atoms with van der Waals surface area (Å²) in [5.41, 5.74) is 5.53. The summed E-state index contributed by atoms with van der Waals surface area (Å²) in [5, 5.41) is 2.47. The summed E-state index contributed by atoms with van der Waals surface area (Å²) in [4.78, 5) is 4.95. The van der Waals surface area contributed by atoms with E-state index < -0.39 is 24.8 Å². The van der Waals surface area contributed by atoms with Gasteiger partial charge >= 0.3 is 12.5 Å². The molecule has 0 aliphatic carbocycles. The first-order valence-electron chi connectivity index (χ1n) is 7.13. The zero-order valence-corrected chi connectivity index (χ0v) is 16.0. The molecular weight excluding hydrogens is 481 g/mol. The first kappa shape index (κ1) is 24.6. The van der Waals surface area contributed by atoms with Crippen LogP contribution < -0.4 is 15.8 Å². The third-order valence-electron chi connectivity index (χ3n) is 2.80. The quantitative estimate of drug-likeness (QED) is 0.197. The van der Waals surface area contributed by atoms with Crippen LogP contribution >= 0.6 is 24.0 Å². The fourth-order valence-electron chi connectivity index (χ4n) is 1.89. The minimum atomic E-state index is -4.85. The second-order valence-corrected chi connectivity index (χ2v) is 5.14. The van der Waals surface area contributed by atoms with Crippen molar-refractivity contribution in [3.05, 3.63) is 24.3 Å². The van der Waals surface area contributed by atoms with Crippen LogP contribution in [0.4, 0.5) is 32.0 Å². The molecule has 0 atom stereocenters. The molecule has 1 rings (SSSR count). The zero-order chi connectivity index (χ0) is 19.1. The maximum absolute atomic E-state index is 12.3. The number of rotatable bonds is 7. The number of alkyl halides is 6. The molecule has 3 N–H and O–H groups in total. The Morgan fingerprint density at radius 1 is 1.19 bits per heavy atom. The molecule has 0 unspecified atom stereocenters. The van der Waals surface area contributed by atoms with Crippen LogP contribution in [0.15, 0.2) is 29.3 Å². The van der Waals surface area contributed by atoms with E-state index in [1.54, 1.807) is 0 Å². The van der Waals surface area contributed by atoms with E-state index in [1.807, 2.05) is 0 Å². The number of benzene rings is 1.